The van der Waals surface area contributed by atoms with E-state index in [0.717, 1.165) is 0 Å². The van der Waals surface area contributed by atoms with Crippen molar-refractivity contribution in [2.45, 2.75) is 27.4 Å². The van der Waals surface area contributed by atoms with Gasteiger partial charge in [0, 0.05) is 10.9 Å². The normalized spacial score (nSPS) is 11.0. The molecule has 0 atom stereocenters. The number of ether oxygens (including phenoxy) is 1. The van der Waals surface area contributed by atoms with Crippen LogP contribution in [0.3, 0.4) is 0 Å². The molecule has 0 saturated heterocycles. The number of ketones is 1. The van der Waals surface area contributed by atoms with Gasteiger partial charge in [0.15, 0.2) is 0 Å². The molecule has 122 valence electrons. The maximum Gasteiger partial charge on any atom is 0.387 e. The lowest BCUT2D eigenvalue weighted by Gasteiger charge is -2.06. The van der Waals surface area contributed by atoms with Crippen LogP contribution in [-0.4, -0.2) is 17.4 Å². The van der Waals surface area contributed by atoms with Crippen LogP contribution in [0.1, 0.15) is 31.3 Å². The van der Waals surface area contributed by atoms with Gasteiger partial charge in [-0.25, -0.2) is 0 Å². The number of benzene rings is 1. The number of fused-ring (bicyclic) bond motifs is 1. The maximum atomic E-state index is 12.3. The summed E-state index contributed by atoms with van der Waals surface area (Å²) in [6.45, 7) is 2.65. The average Bonchev–Trinajstić information content (AvgIpc) is 2.93. The minimum atomic E-state index is -2.94. The zero-order valence-corrected chi connectivity index (χ0v) is 14.4. The number of carbonyl (C=O) groups excluding carboxylic acids is 1. The van der Waals surface area contributed by atoms with Gasteiger partial charge >= 0.3 is 6.61 Å². The van der Waals surface area contributed by atoms with Crippen molar-refractivity contribution in [3.05, 3.63) is 40.0 Å². The van der Waals surface area contributed by atoms with E-state index >= 15 is 0 Å². The topological polar surface area (TPSA) is 65.9 Å². The maximum absolute atomic E-state index is 12.3. The van der Waals surface area contributed by atoms with Crippen molar-refractivity contribution in [1.29, 1.82) is 5.26 Å². The Morgan fingerprint density at radius 3 is 2.57 bits per heavy atom. The number of aromatic amines is 1. The molecule has 0 amide bonds. The number of Topliss-reactive ketones (excluding diaryl/α,β-unsaturated/α-hetero) is 1. The van der Waals surface area contributed by atoms with Crippen LogP contribution in [0.25, 0.3) is 10.9 Å². The number of nitrogens with zero attached hydrogens (tertiary/aromatic N) is 1. The third-order valence-electron chi connectivity index (χ3n) is 2.79. The van der Waals surface area contributed by atoms with Gasteiger partial charge in [-0.3, -0.25) is 4.79 Å². The van der Waals surface area contributed by atoms with Crippen LogP contribution in [0, 0.1) is 11.3 Å². The number of halogens is 3. The van der Waals surface area contributed by atoms with Crippen LogP contribution in [0.2, 0.25) is 0 Å². The predicted octanol–water partition coefficient (Wildman–Crippen LogP) is 5.21. The van der Waals surface area contributed by atoms with E-state index in [1.165, 1.54) is 24.3 Å². The molecule has 4 nitrogen and oxygen atoms in total. The van der Waals surface area contributed by atoms with Crippen molar-refractivity contribution in [1.82, 2.24) is 4.98 Å². The molecule has 0 aliphatic carbocycles. The quantitative estimate of drug-likeness (QED) is 0.446. The Morgan fingerprint density at radius 1 is 1.39 bits per heavy atom. The smallest absolute Gasteiger partial charge is 0.387 e. The summed E-state index contributed by atoms with van der Waals surface area (Å²) in [7, 11) is 0. The van der Waals surface area contributed by atoms with Crippen LogP contribution in [-0.2, 0) is 0 Å². The molecule has 1 N–H and O–H groups in total. The molecule has 0 spiro atoms. The van der Waals surface area contributed by atoms with E-state index in [1.54, 1.807) is 13.0 Å². The summed E-state index contributed by atoms with van der Waals surface area (Å²) in [5.74, 6) is -0.481. The highest BCUT2D eigenvalue weighted by Crippen LogP contribution is 2.32. The SMILES string of the molecule is C/C=C(\C#N)C(=O)c1cc2cc(OC(F)F)c(Br)cc2[nH]1.CC. The average molecular weight is 385 g/mol. The summed E-state index contributed by atoms with van der Waals surface area (Å²) >= 11 is 3.12. The fourth-order valence-electron chi connectivity index (χ4n) is 1.83. The second-order valence-corrected chi connectivity index (χ2v) is 4.93. The molecule has 1 aromatic heterocycles. The first-order valence-corrected chi connectivity index (χ1v) is 7.63. The molecule has 2 aromatic rings. The molecule has 0 radical (unpaired) electrons. The fourth-order valence-corrected chi connectivity index (χ4v) is 2.27. The van der Waals surface area contributed by atoms with Crippen LogP contribution in [0.5, 0.6) is 5.75 Å². The molecule has 1 heterocycles. The minimum absolute atomic E-state index is 0.00433. The zero-order chi connectivity index (χ0) is 17.6. The van der Waals surface area contributed by atoms with Gasteiger partial charge in [-0.2, -0.15) is 14.0 Å². The molecule has 7 heteroatoms. The number of alkyl halides is 2. The summed E-state index contributed by atoms with van der Waals surface area (Å²) in [5.41, 5.74) is 0.783. The van der Waals surface area contributed by atoms with Crippen molar-refractivity contribution < 1.29 is 18.3 Å². The van der Waals surface area contributed by atoms with Gasteiger partial charge < -0.3 is 9.72 Å². The lowest BCUT2D eigenvalue weighted by atomic mass is 10.1. The first kappa shape index (κ1) is 18.8. The molecule has 23 heavy (non-hydrogen) atoms. The summed E-state index contributed by atoms with van der Waals surface area (Å²) in [4.78, 5) is 14.9. The summed E-state index contributed by atoms with van der Waals surface area (Å²) in [6, 6.07) is 6.21. The van der Waals surface area contributed by atoms with E-state index in [1.807, 2.05) is 13.8 Å². The number of aromatic nitrogens is 1. The first-order valence-electron chi connectivity index (χ1n) is 6.84. The molecule has 0 aliphatic heterocycles. The van der Waals surface area contributed by atoms with Gasteiger partial charge in [-0.1, -0.05) is 19.9 Å². The largest absolute Gasteiger partial charge is 0.434 e. The van der Waals surface area contributed by atoms with Crippen LogP contribution in [0.4, 0.5) is 8.78 Å². The number of carbonyl (C=O) groups is 1. The molecule has 0 unspecified atom stereocenters. The Bertz CT molecular complexity index is 776. The van der Waals surface area contributed by atoms with Gasteiger partial charge in [-0.15, -0.1) is 0 Å². The number of nitriles is 1. The molecule has 1 aromatic carbocycles. The van der Waals surface area contributed by atoms with Crippen molar-refractivity contribution in [3.8, 4) is 11.8 Å². The van der Waals surface area contributed by atoms with Crippen molar-refractivity contribution in [2.24, 2.45) is 0 Å². The van der Waals surface area contributed by atoms with Gasteiger partial charge in [0.1, 0.15) is 11.8 Å². The standard InChI is InChI=1S/C14H9BrF2N2O2.C2H6/c1-2-7(6-18)13(20)11-3-8-4-12(21-14(16)17)9(15)5-10(8)19-11;1-2/h2-5,14,19H,1H3;1-2H3/b7-2+;. The summed E-state index contributed by atoms with van der Waals surface area (Å²) < 4.78 is 29.3. The molecular weight excluding hydrogens is 370 g/mol. The number of hydrogen-bond donors (Lipinski definition) is 1. The minimum Gasteiger partial charge on any atom is -0.434 e. The van der Waals surface area contributed by atoms with Gasteiger partial charge in [0.2, 0.25) is 5.78 Å². The molecule has 2 rings (SSSR count). The number of hydrogen-bond acceptors (Lipinski definition) is 3. The van der Waals surface area contributed by atoms with E-state index in [9.17, 15) is 13.6 Å². The Balaban J connectivity index is 0.00000127. The predicted molar refractivity (Wildman–Crippen MR) is 87.7 cm³/mol. The molecule has 0 aliphatic rings. The van der Waals surface area contributed by atoms with Gasteiger partial charge in [0.05, 0.1) is 15.7 Å². The number of rotatable bonds is 4. The highest BCUT2D eigenvalue weighted by atomic mass is 79.9. The van der Waals surface area contributed by atoms with Crippen molar-refractivity contribution in [2.75, 3.05) is 0 Å². The third-order valence-corrected chi connectivity index (χ3v) is 3.41. The lowest BCUT2D eigenvalue weighted by molar-refractivity contribution is -0.0502. The number of nitrogens with one attached hydrogen (secondary N) is 1. The van der Waals surface area contributed by atoms with Crippen molar-refractivity contribution >= 4 is 32.6 Å². The van der Waals surface area contributed by atoms with E-state index < -0.39 is 12.4 Å². The first-order chi connectivity index (χ1) is 11.0. The Labute approximate surface area is 140 Å². The second-order valence-electron chi connectivity index (χ2n) is 4.07. The highest BCUT2D eigenvalue weighted by molar-refractivity contribution is 9.10. The van der Waals surface area contributed by atoms with E-state index in [4.69, 9.17) is 5.26 Å². The van der Waals surface area contributed by atoms with E-state index in [2.05, 4.69) is 25.7 Å². The van der Waals surface area contributed by atoms with E-state index in [0.29, 0.717) is 15.4 Å². The van der Waals surface area contributed by atoms with Crippen molar-refractivity contribution in [3.63, 3.8) is 0 Å². The molecule has 0 saturated carbocycles. The highest BCUT2D eigenvalue weighted by Gasteiger charge is 2.16. The molecule has 0 fully saturated rings. The zero-order valence-electron chi connectivity index (χ0n) is 12.8. The lowest BCUT2D eigenvalue weighted by Crippen LogP contribution is -2.02. The summed E-state index contributed by atoms with van der Waals surface area (Å²) in [5, 5.41) is 9.39. The monoisotopic (exact) mass is 384 g/mol. The number of allylic oxidation sites excluding steroid dienone is 2. The Morgan fingerprint density at radius 2 is 2.04 bits per heavy atom. The third kappa shape index (κ3) is 4.39. The van der Waals surface area contributed by atoms with Crippen LogP contribution in [0.15, 0.2) is 34.3 Å². The number of H-pyrrole nitrogens is 1. The molecule has 0 bridgehead atoms. The fraction of sp³-hybridized carbons (Fsp3) is 0.250. The molecular formula is C16H15BrF2N2O2. The van der Waals surface area contributed by atoms with E-state index in [-0.39, 0.29) is 17.0 Å². The Kier molecular flexibility index (Phi) is 6.91. The second kappa shape index (κ2) is 8.44. The van der Waals surface area contributed by atoms with Gasteiger partial charge in [0.25, 0.3) is 0 Å². The van der Waals surface area contributed by atoms with Crippen LogP contribution < -0.4 is 4.74 Å². The van der Waals surface area contributed by atoms with Crippen LogP contribution >= 0.6 is 15.9 Å². The van der Waals surface area contributed by atoms with Gasteiger partial charge in [-0.05, 0) is 41.1 Å². The Hall–Kier alpha value is -2.20. The summed E-state index contributed by atoms with van der Waals surface area (Å²) in [6.07, 6.45) is 1.41.